The van der Waals surface area contributed by atoms with Crippen molar-refractivity contribution in [3.63, 3.8) is 0 Å². The second-order valence-corrected chi connectivity index (χ2v) is 4.95. The van der Waals surface area contributed by atoms with Gasteiger partial charge in [0.05, 0.1) is 4.92 Å². The zero-order chi connectivity index (χ0) is 16.0. The predicted molar refractivity (Wildman–Crippen MR) is 79.5 cm³/mol. The van der Waals surface area contributed by atoms with Crippen LogP contribution >= 0.6 is 0 Å². The van der Waals surface area contributed by atoms with Gasteiger partial charge in [-0.3, -0.25) is 14.9 Å². The smallest absolute Gasteiger partial charge is 0.282 e. The number of benzene rings is 1. The number of phenolic OH excluding ortho intramolecular Hbond substituents is 1. The number of nitrogens with zero attached hydrogens (tertiary/aromatic N) is 2. The summed E-state index contributed by atoms with van der Waals surface area (Å²) in [6.07, 6.45) is 1.00. The Balaban J connectivity index is 2.68. The fourth-order valence-electron chi connectivity index (χ4n) is 1.84. The molecule has 21 heavy (non-hydrogen) atoms. The highest BCUT2D eigenvalue weighted by Gasteiger charge is 2.20. The normalized spacial score (nSPS) is 12.2. The molecule has 0 saturated carbocycles. The maximum Gasteiger partial charge on any atom is 0.282 e. The van der Waals surface area contributed by atoms with E-state index < -0.39 is 10.8 Å². The van der Waals surface area contributed by atoms with E-state index >= 15 is 0 Å². The van der Waals surface area contributed by atoms with Crippen LogP contribution < -0.4 is 5.32 Å². The number of nitro groups is 1. The van der Waals surface area contributed by atoms with Crippen molar-refractivity contribution in [3.8, 4) is 5.75 Å². The summed E-state index contributed by atoms with van der Waals surface area (Å²) < 4.78 is 0. The molecular weight excluding hydrogens is 274 g/mol. The molecule has 1 aromatic carbocycles. The van der Waals surface area contributed by atoms with Crippen LogP contribution in [0.15, 0.2) is 18.2 Å². The molecule has 116 valence electrons. The standard InChI is InChI=1S/C14H21N3O4/c1-4-10(2)16(3)8-7-15-14(19)12-9-11(18)5-6-13(12)17(20)21/h5-6,9-10,18H,4,7-8H2,1-3H3,(H,15,19). The molecule has 2 N–H and O–H groups in total. The van der Waals surface area contributed by atoms with Crippen LogP contribution in [-0.4, -0.2) is 47.0 Å². The van der Waals surface area contributed by atoms with E-state index in [2.05, 4.69) is 24.1 Å². The number of nitro benzene ring substituents is 1. The molecule has 7 heteroatoms. The molecule has 7 nitrogen and oxygen atoms in total. The molecule has 1 atom stereocenters. The zero-order valence-electron chi connectivity index (χ0n) is 12.5. The molecule has 1 rings (SSSR count). The maximum absolute atomic E-state index is 12.0. The lowest BCUT2D eigenvalue weighted by molar-refractivity contribution is -0.385. The van der Waals surface area contributed by atoms with Gasteiger partial charge in [-0.1, -0.05) is 6.92 Å². The lowest BCUT2D eigenvalue weighted by atomic mass is 10.1. The molecular formula is C14H21N3O4. The summed E-state index contributed by atoms with van der Waals surface area (Å²) in [5.41, 5.74) is -0.452. The fraction of sp³-hybridized carbons (Fsp3) is 0.500. The molecule has 0 spiro atoms. The van der Waals surface area contributed by atoms with Crippen molar-refractivity contribution in [1.29, 1.82) is 0 Å². The van der Waals surface area contributed by atoms with Gasteiger partial charge in [0, 0.05) is 25.2 Å². The monoisotopic (exact) mass is 295 g/mol. The molecule has 0 fully saturated rings. The van der Waals surface area contributed by atoms with Crippen LogP contribution in [0.4, 0.5) is 5.69 Å². The fourth-order valence-corrected chi connectivity index (χ4v) is 1.84. The molecule has 0 aromatic heterocycles. The summed E-state index contributed by atoms with van der Waals surface area (Å²) in [5, 5.41) is 22.9. The average Bonchev–Trinajstić information content (AvgIpc) is 2.45. The van der Waals surface area contributed by atoms with Gasteiger partial charge < -0.3 is 15.3 Å². The molecule has 0 heterocycles. The second kappa shape index (κ2) is 7.58. The van der Waals surface area contributed by atoms with Crippen molar-refractivity contribution in [2.24, 2.45) is 0 Å². The molecule has 0 bridgehead atoms. The highest BCUT2D eigenvalue weighted by Crippen LogP contribution is 2.23. The van der Waals surface area contributed by atoms with E-state index in [0.29, 0.717) is 19.1 Å². The maximum atomic E-state index is 12.0. The van der Waals surface area contributed by atoms with Gasteiger partial charge in [-0.15, -0.1) is 0 Å². The third-order valence-corrected chi connectivity index (χ3v) is 3.51. The van der Waals surface area contributed by atoms with Gasteiger partial charge in [-0.05, 0) is 32.5 Å². The van der Waals surface area contributed by atoms with Crippen molar-refractivity contribution in [3.05, 3.63) is 33.9 Å². The van der Waals surface area contributed by atoms with Crippen LogP contribution in [0.1, 0.15) is 30.6 Å². The summed E-state index contributed by atoms with van der Waals surface area (Å²) in [7, 11) is 1.96. The highest BCUT2D eigenvalue weighted by molar-refractivity contribution is 5.98. The molecule has 1 amide bonds. The Morgan fingerprint density at radius 3 is 2.76 bits per heavy atom. The number of amides is 1. The van der Waals surface area contributed by atoms with Gasteiger partial charge in [0.25, 0.3) is 11.6 Å². The first kappa shape index (κ1) is 16.9. The van der Waals surface area contributed by atoms with Crippen molar-refractivity contribution in [2.75, 3.05) is 20.1 Å². The van der Waals surface area contributed by atoms with Gasteiger partial charge in [-0.2, -0.15) is 0 Å². The summed E-state index contributed by atoms with van der Waals surface area (Å²) in [5.74, 6) is -0.738. The van der Waals surface area contributed by atoms with Crippen molar-refractivity contribution >= 4 is 11.6 Å². The minimum atomic E-state index is -0.639. The summed E-state index contributed by atoms with van der Waals surface area (Å²) in [6, 6.07) is 3.81. The minimum absolute atomic E-state index is 0.133. The Kier molecular flexibility index (Phi) is 6.10. The van der Waals surface area contributed by atoms with E-state index in [1.165, 1.54) is 6.07 Å². The van der Waals surface area contributed by atoms with E-state index in [-0.39, 0.29) is 17.0 Å². The molecule has 0 aliphatic rings. The minimum Gasteiger partial charge on any atom is -0.508 e. The highest BCUT2D eigenvalue weighted by atomic mass is 16.6. The molecule has 0 aliphatic heterocycles. The molecule has 0 radical (unpaired) electrons. The van der Waals surface area contributed by atoms with E-state index in [4.69, 9.17) is 0 Å². The Hall–Kier alpha value is -2.15. The lowest BCUT2D eigenvalue weighted by Gasteiger charge is -2.23. The Morgan fingerprint density at radius 2 is 2.19 bits per heavy atom. The van der Waals surface area contributed by atoms with Crippen LogP contribution in [0.5, 0.6) is 5.75 Å². The number of hydrogen-bond donors (Lipinski definition) is 2. The molecule has 1 aromatic rings. The first-order chi connectivity index (χ1) is 9.86. The number of rotatable bonds is 7. The SMILES string of the molecule is CCC(C)N(C)CCNC(=O)c1cc(O)ccc1[N+](=O)[O-]. The van der Waals surface area contributed by atoms with E-state index in [1.54, 1.807) is 0 Å². The Labute approximate surface area is 123 Å². The second-order valence-electron chi connectivity index (χ2n) is 4.95. The predicted octanol–water partition coefficient (Wildman–Crippen LogP) is 1.76. The third kappa shape index (κ3) is 4.71. The number of aromatic hydroxyl groups is 1. The Bertz CT molecular complexity index is 519. The first-order valence-corrected chi connectivity index (χ1v) is 6.82. The van der Waals surface area contributed by atoms with Crippen LogP contribution in [0.25, 0.3) is 0 Å². The van der Waals surface area contributed by atoms with Crippen LogP contribution in [0, 0.1) is 10.1 Å². The van der Waals surface area contributed by atoms with Gasteiger partial charge in [0.1, 0.15) is 11.3 Å². The van der Waals surface area contributed by atoms with E-state index in [0.717, 1.165) is 18.6 Å². The van der Waals surface area contributed by atoms with Crippen molar-refractivity contribution < 1.29 is 14.8 Å². The number of carbonyl (C=O) groups is 1. The molecule has 1 unspecified atom stereocenters. The summed E-state index contributed by atoms with van der Waals surface area (Å²) in [4.78, 5) is 24.3. The topological polar surface area (TPSA) is 95.7 Å². The van der Waals surface area contributed by atoms with Crippen LogP contribution in [-0.2, 0) is 0 Å². The van der Waals surface area contributed by atoms with E-state index in [9.17, 15) is 20.0 Å². The first-order valence-electron chi connectivity index (χ1n) is 6.82. The summed E-state index contributed by atoms with van der Waals surface area (Å²) in [6.45, 7) is 5.19. The third-order valence-electron chi connectivity index (χ3n) is 3.51. The number of hydrogen-bond acceptors (Lipinski definition) is 5. The van der Waals surface area contributed by atoms with Crippen LogP contribution in [0.3, 0.4) is 0 Å². The Morgan fingerprint density at radius 1 is 1.52 bits per heavy atom. The quantitative estimate of drug-likeness (QED) is 0.590. The zero-order valence-corrected chi connectivity index (χ0v) is 12.5. The van der Waals surface area contributed by atoms with Crippen molar-refractivity contribution in [1.82, 2.24) is 10.2 Å². The summed E-state index contributed by atoms with van der Waals surface area (Å²) >= 11 is 0. The average molecular weight is 295 g/mol. The van der Waals surface area contributed by atoms with Gasteiger partial charge in [0.15, 0.2) is 0 Å². The number of nitrogens with one attached hydrogen (secondary N) is 1. The van der Waals surface area contributed by atoms with Gasteiger partial charge in [-0.25, -0.2) is 0 Å². The molecule has 0 saturated heterocycles. The number of likely N-dealkylation sites (N-methyl/N-ethyl adjacent to an activating group) is 1. The lowest BCUT2D eigenvalue weighted by Crippen LogP contribution is -2.37. The van der Waals surface area contributed by atoms with Gasteiger partial charge in [0.2, 0.25) is 0 Å². The number of carbonyl (C=O) groups excluding carboxylic acids is 1. The van der Waals surface area contributed by atoms with Crippen molar-refractivity contribution in [2.45, 2.75) is 26.3 Å². The number of phenols is 1. The van der Waals surface area contributed by atoms with Crippen LogP contribution in [0.2, 0.25) is 0 Å². The van der Waals surface area contributed by atoms with Gasteiger partial charge >= 0.3 is 0 Å². The largest absolute Gasteiger partial charge is 0.508 e. The molecule has 0 aliphatic carbocycles. The van der Waals surface area contributed by atoms with E-state index in [1.807, 2.05) is 7.05 Å².